The van der Waals surface area contributed by atoms with E-state index in [1.807, 2.05) is 30.3 Å². The van der Waals surface area contributed by atoms with Crippen LogP contribution in [-0.4, -0.2) is 40.8 Å². The summed E-state index contributed by atoms with van der Waals surface area (Å²) in [5, 5.41) is 10.0. The predicted octanol–water partition coefficient (Wildman–Crippen LogP) is 2.52. The Balaban J connectivity index is 1.99. The van der Waals surface area contributed by atoms with Crippen molar-refractivity contribution in [2.24, 2.45) is 0 Å². The van der Waals surface area contributed by atoms with Crippen LogP contribution in [-0.2, 0) is 16.0 Å². The van der Waals surface area contributed by atoms with Crippen LogP contribution in [0.4, 0.5) is 4.79 Å². The molecular formula is C17H23NO4. The van der Waals surface area contributed by atoms with E-state index in [0.29, 0.717) is 12.8 Å². The minimum atomic E-state index is -1.13. The van der Waals surface area contributed by atoms with Gasteiger partial charge in [0.15, 0.2) is 0 Å². The largest absolute Gasteiger partial charge is 0.447 e. The van der Waals surface area contributed by atoms with Crippen molar-refractivity contribution in [1.29, 1.82) is 0 Å². The van der Waals surface area contributed by atoms with Gasteiger partial charge in [0.1, 0.15) is 12.7 Å². The number of hydrogen-bond donors (Lipinski definition) is 1. The SMILES string of the molecule is CCCCC[C@@H](O)C(=O)N1C(=O)OC[C@H]1Cc1ccccc1. The van der Waals surface area contributed by atoms with Gasteiger partial charge in [-0.3, -0.25) is 4.79 Å². The molecule has 2 rings (SSSR count). The Morgan fingerprint density at radius 1 is 1.36 bits per heavy atom. The van der Waals surface area contributed by atoms with Crippen molar-refractivity contribution in [3.63, 3.8) is 0 Å². The second kappa shape index (κ2) is 7.94. The quantitative estimate of drug-likeness (QED) is 0.786. The number of rotatable bonds is 7. The number of imide groups is 1. The molecule has 2 amide bonds. The molecule has 2 atom stereocenters. The first kappa shape index (κ1) is 16.5. The van der Waals surface area contributed by atoms with E-state index >= 15 is 0 Å². The maximum absolute atomic E-state index is 12.3. The number of aliphatic hydroxyl groups excluding tert-OH is 1. The van der Waals surface area contributed by atoms with Crippen molar-refractivity contribution in [3.8, 4) is 0 Å². The molecule has 1 aliphatic heterocycles. The lowest BCUT2D eigenvalue weighted by atomic mass is 10.0. The van der Waals surface area contributed by atoms with Gasteiger partial charge in [0.25, 0.3) is 5.91 Å². The lowest BCUT2D eigenvalue weighted by molar-refractivity contribution is -0.138. The van der Waals surface area contributed by atoms with Crippen molar-refractivity contribution in [3.05, 3.63) is 35.9 Å². The Hall–Kier alpha value is -1.88. The van der Waals surface area contributed by atoms with E-state index in [-0.39, 0.29) is 12.6 Å². The van der Waals surface area contributed by atoms with Crippen LogP contribution in [0.25, 0.3) is 0 Å². The molecular weight excluding hydrogens is 282 g/mol. The number of ether oxygens (including phenoxy) is 1. The highest BCUT2D eigenvalue weighted by Crippen LogP contribution is 2.19. The first-order valence-corrected chi connectivity index (χ1v) is 7.85. The van der Waals surface area contributed by atoms with Gasteiger partial charge in [0.2, 0.25) is 0 Å². The third kappa shape index (κ3) is 4.07. The van der Waals surface area contributed by atoms with Crippen LogP contribution in [0.3, 0.4) is 0 Å². The Labute approximate surface area is 130 Å². The first-order valence-electron chi connectivity index (χ1n) is 7.85. The van der Waals surface area contributed by atoms with Crippen molar-refractivity contribution >= 4 is 12.0 Å². The minimum Gasteiger partial charge on any atom is -0.447 e. The number of aliphatic hydroxyl groups is 1. The average Bonchev–Trinajstić information content (AvgIpc) is 2.88. The van der Waals surface area contributed by atoms with Crippen LogP contribution in [0, 0.1) is 0 Å². The zero-order valence-corrected chi connectivity index (χ0v) is 12.9. The summed E-state index contributed by atoms with van der Waals surface area (Å²) in [4.78, 5) is 25.2. The third-order valence-corrected chi connectivity index (χ3v) is 3.88. The lowest BCUT2D eigenvalue weighted by Crippen LogP contribution is -2.45. The number of amides is 2. The highest BCUT2D eigenvalue weighted by Gasteiger charge is 2.40. The van der Waals surface area contributed by atoms with E-state index in [1.54, 1.807) is 0 Å². The summed E-state index contributed by atoms with van der Waals surface area (Å²) in [6.45, 7) is 2.24. The van der Waals surface area contributed by atoms with Gasteiger partial charge in [-0.25, -0.2) is 9.69 Å². The molecule has 1 fully saturated rings. The third-order valence-electron chi connectivity index (χ3n) is 3.88. The standard InChI is InChI=1S/C17H23NO4/c1-2-3-5-10-15(19)16(20)18-14(12-22-17(18)21)11-13-8-6-4-7-9-13/h4,6-9,14-15,19H,2-3,5,10-12H2,1H3/t14-,15-/m1/s1. The second-order valence-electron chi connectivity index (χ2n) is 5.64. The molecule has 1 N–H and O–H groups in total. The summed E-state index contributed by atoms with van der Waals surface area (Å²) in [7, 11) is 0. The van der Waals surface area contributed by atoms with Crippen molar-refractivity contribution < 1.29 is 19.4 Å². The van der Waals surface area contributed by atoms with Gasteiger partial charge in [-0.15, -0.1) is 0 Å². The molecule has 1 saturated heterocycles. The zero-order valence-electron chi connectivity index (χ0n) is 12.9. The molecule has 0 aromatic heterocycles. The number of carbonyl (C=O) groups is 2. The number of carbonyl (C=O) groups excluding carboxylic acids is 2. The number of cyclic esters (lactones) is 1. The normalized spacial score (nSPS) is 19.1. The molecule has 120 valence electrons. The molecule has 1 aliphatic rings. The van der Waals surface area contributed by atoms with Gasteiger partial charge in [-0.2, -0.15) is 0 Å². The van der Waals surface area contributed by atoms with Gasteiger partial charge in [0.05, 0.1) is 6.04 Å². The molecule has 0 saturated carbocycles. The smallest absolute Gasteiger partial charge is 0.417 e. The predicted molar refractivity (Wildman–Crippen MR) is 82.3 cm³/mol. The lowest BCUT2D eigenvalue weighted by Gasteiger charge is -2.22. The van der Waals surface area contributed by atoms with E-state index in [9.17, 15) is 14.7 Å². The van der Waals surface area contributed by atoms with Crippen LogP contribution < -0.4 is 0 Å². The van der Waals surface area contributed by atoms with Crippen molar-refractivity contribution in [2.75, 3.05) is 6.61 Å². The maximum atomic E-state index is 12.3. The fourth-order valence-electron chi connectivity index (χ4n) is 2.64. The highest BCUT2D eigenvalue weighted by atomic mass is 16.6. The Kier molecular flexibility index (Phi) is 5.95. The summed E-state index contributed by atoms with van der Waals surface area (Å²) in [6, 6.07) is 9.30. The zero-order chi connectivity index (χ0) is 15.9. The first-order chi connectivity index (χ1) is 10.6. The number of hydrogen-bond acceptors (Lipinski definition) is 4. The van der Waals surface area contributed by atoms with Crippen LogP contribution in [0.1, 0.15) is 38.2 Å². The monoisotopic (exact) mass is 305 g/mol. The molecule has 0 unspecified atom stereocenters. The van der Waals surface area contributed by atoms with E-state index < -0.39 is 18.1 Å². The van der Waals surface area contributed by atoms with Gasteiger partial charge >= 0.3 is 6.09 Å². The molecule has 5 nitrogen and oxygen atoms in total. The van der Waals surface area contributed by atoms with E-state index in [2.05, 4.69) is 6.92 Å². The number of nitrogens with zero attached hydrogens (tertiary/aromatic N) is 1. The summed E-state index contributed by atoms with van der Waals surface area (Å²) in [5.41, 5.74) is 1.03. The molecule has 0 spiro atoms. The molecule has 0 bridgehead atoms. The van der Waals surface area contributed by atoms with Gasteiger partial charge in [-0.1, -0.05) is 56.5 Å². The molecule has 0 aliphatic carbocycles. The Morgan fingerprint density at radius 2 is 2.09 bits per heavy atom. The number of benzene rings is 1. The van der Waals surface area contributed by atoms with Gasteiger partial charge in [-0.05, 0) is 18.4 Å². The van der Waals surface area contributed by atoms with Gasteiger partial charge in [0, 0.05) is 0 Å². The van der Waals surface area contributed by atoms with Crippen LogP contribution in [0.15, 0.2) is 30.3 Å². The van der Waals surface area contributed by atoms with Crippen molar-refractivity contribution in [2.45, 2.75) is 51.2 Å². The summed E-state index contributed by atoms with van der Waals surface area (Å²) in [5.74, 6) is -0.542. The Bertz CT molecular complexity index is 503. The van der Waals surface area contributed by atoms with E-state index in [4.69, 9.17) is 4.74 Å². The topological polar surface area (TPSA) is 66.8 Å². The van der Waals surface area contributed by atoms with E-state index in [0.717, 1.165) is 29.7 Å². The fraction of sp³-hybridized carbons (Fsp3) is 0.529. The van der Waals surface area contributed by atoms with Crippen LogP contribution in [0.5, 0.6) is 0 Å². The molecule has 1 aromatic carbocycles. The summed E-state index contributed by atoms with van der Waals surface area (Å²) in [6.07, 6.45) is 1.89. The second-order valence-corrected chi connectivity index (χ2v) is 5.64. The summed E-state index contributed by atoms with van der Waals surface area (Å²) < 4.78 is 5.00. The molecule has 1 aromatic rings. The fourth-order valence-corrected chi connectivity index (χ4v) is 2.64. The van der Waals surface area contributed by atoms with Crippen molar-refractivity contribution in [1.82, 2.24) is 4.90 Å². The minimum absolute atomic E-state index is 0.182. The molecule has 22 heavy (non-hydrogen) atoms. The van der Waals surface area contributed by atoms with Gasteiger partial charge < -0.3 is 9.84 Å². The highest BCUT2D eigenvalue weighted by molar-refractivity contribution is 5.95. The van der Waals surface area contributed by atoms with Crippen LogP contribution in [0.2, 0.25) is 0 Å². The summed E-state index contributed by atoms with van der Waals surface area (Å²) >= 11 is 0. The molecule has 5 heteroatoms. The Morgan fingerprint density at radius 3 is 2.77 bits per heavy atom. The number of unbranched alkanes of at least 4 members (excludes halogenated alkanes) is 2. The average molecular weight is 305 g/mol. The molecule has 1 heterocycles. The maximum Gasteiger partial charge on any atom is 0.417 e. The van der Waals surface area contributed by atoms with Crippen LogP contribution >= 0.6 is 0 Å². The van der Waals surface area contributed by atoms with E-state index in [1.165, 1.54) is 0 Å². The molecule has 0 radical (unpaired) electrons.